The lowest BCUT2D eigenvalue weighted by molar-refractivity contribution is -0.159. The number of esters is 1. The third-order valence-electron chi connectivity index (χ3n) is 9.89. The minimum atomic E-state index is -1.61. The van der Waals surface area contributed by atoms with Gasteiger partial charge in [0.2, 0.25) is 17.7 Å². The number of amides is 3. The summed E-state index contributed by atoms with van der Waals surface area (Å²) in [5, 5.41) is 21.9. The molecule has 4 aromatic rings. The molecule has 288 valence electrons. The van der Waals surface area contributed by atoms with Crippen molar-refractivity contribution >= 4 is 40.2 Å². The molecule has 12 nitrogen and oxygen atoms in total. The number of hydrogen-bond acceptors (Lipinski definition) is 8. The van der Waals surface area contributed by atoms with Gasteiger partial charge in [0.15, 0.2) is 6.10 Å². The first-order valence-electron chi connectivity index (χ1n) is 19.1. The molecule has 0 spiro atoms. The van der Waals surface area contributed by atoms with Crippen LogP contribution in [0, 0.1) is 11.8 Å². The van der Waals surface area contributed by atoms with E-state index >= 15 is 0 Å². The number of nitrogens with one attached hydrogen (secondary N) is 4. The van der Waals surface area contributed by atoms with Crippen molar-refractivity contribution < 1.29 is 33.8 Å². The molecule has 3 amide bonds. The molecule has 0 radical (unpaired) electrons. The van der Waals surface area contributed by atoms with E-state index in [-0.39, 0.29) is 18.8 Å². The Hall–Kier alpha value is -5.23. The lowest BCUT2D eigenvalue weighted by Crippen LogP contribution is -2.56. The van der Waals surface area contributed by atoms with Crippen LogP contribution in [0.3, 0.4) is 0 Å². The summed E-state index contributed by atoms with van der Waals surface area (Å²) in [4.78, 5) is 62.6. The number of aliphatic hydroxyl groups excluding tert-OH is 1. The van der Waals surface area contributed by atoms with Crippen LogP contribution in [0.5, 0.6) is 5.75 Å². The van der Waals surface area contributed by atoms with Crippen LogP contribution in [0.2, 0.25) is 0 Å². The van der Waals surface area contributed by atoms with Crippen LogP contribution >= 0.6 is 0 Å². The number of aromatic nitrogens is 2. The molecule has 0 bridgehead atoms. The van der Waals surface area contributed by atoms with Crippen LogP contribution in [0.15, 0.2) is 79.3 Å². The molecular weight excluding hydrogens is 686 g/mol. The maximum absolute atomic E-state index is 14.3. The average molecular weight is 740 g/mol. The molecule has 1 aliphatic carbocycles. The molecule has 0 saturated heterocycles. The fourth-order valence-electron chi connectivity index (χ4n) is 7.16. The molecule has 3 aromatic carbocycles. The highest BCUT2D eigenvalue weighted by molar-refractivity contribution is 6.08. The Bertz CT molecular complexity index is 1830. The molecule has 54 heavy (non-hydrogen) atoms. The lowest BCUT2D eigenvalue weighted by atomic mass is 9.83. The van der Waals surface area contributed by atoms with Gasteiger partial charge in [0, 0.05) is 18.3 Å². The molecule has 4 atom stereocenters. The zero-order valence-electron chi connectivity index (χ0n) is 31.4. The number of para-hydroxylation sites is 2. The standard InChI is InChI=1S/C42H53N5O7/c1-4-53-37-20-11-10-19-34(37)45-39(49)33(22-21-30-17-12-16-29-15-8-9-18-32(29)30)40(50)47-36(24-31-25-43-26-44-31)41(51)46-35(23-28-13-6-5-7-14-28)38(48)42(52)54-27(2)3/h8-12,15-20,25-28,33,35-36,38,48H,4-7,13-14,21-24H2,1-3H3,(H,43,44)(H,45,49)(H,46,51)(H,47,50)/t33?,35-,36-,38?/m0/s1. The maximum atomic E-state index is 14.3. The maximum Gasteiger partial charge on any atom is 0.337 e. The van der Waals surface area contributed by atoms with Crippen molar-refractivity contribution in [2.24, 2.45) is 11.8 Å². The van der Waals surface area contributed by atoms with Crippen LogP contribution in [-0.4, -0.2) is 69.7 Å². The van der Waals surface area contributed by atoms with Gasteiger partial charge in [-0.15, -0.1) is 0 Å². The topological polar surface area (TPSA) is 172 Å². The summed E-state index contributed by atoms with van der Waals surface area (Å²) in [7, 11) is 0. The third kappa shape index (κ3) is 11.1. The van der Waals surface area contributed by atoms with Gasteiger partial charge in [-0.3, -0.25) is 14.4 Å². The zero-order valence-corrected chi connectivity index (χ0v) is 31.4. The molecule has 5 N–H and O–H groups in total. The highest BCUT2D eigenvalue weighted by atomic mass is 16.6. The molecule has 1 fully saturated rings. The first kappa shape index (κ1) is 40.0. The smallest absolute Gasteiger partial charge is 0.337 e. The highest BCUT2D eigenvalue weighted by Gasteiger charge is 2.36. The van der Waals surface area contributed by atoms with E-state index < -0.39 is 53.9 Å². The Kier molecular flexibility index (Phi) is 14.6. The Morgan fingerprint density at radius 2 is 1.65 bits per heavy atom. The summed E-state index contributed by atoms with van der Waals surface area (Å²) < 4.78 is 11.0. The number of H-pyrrole nitrogens is 1. The highest BCUT2D eigenvalue weighted by Crippen LogP contribution is 2.29. The number of carbonyl (C=O) groups excluding carboxylic acids is 4. The van der Waals surface area contributed by atoms with Crippen molar-refractivity contribution in [3.05, 3.63) is 90.5 Å². The lowest BCUT2D eigenvalue weighted by Gasteiger charge is -2.31. The van der Waals surface area contributed by atoms with E-state index in [1.807, 2.05) is 49.4 Å². The van der Waals surface area contributed by atoms with Crippen molar-refractivity contribution in [2.45, 2.75) is 103 Å². The minimum Gasteiger partial charge on any atom is -0.492 e. The number of aliphatic hydroxyl groups is 1. The molecule has 1 heterocycles. The quantitative estimate of drug-likeness (QED) is 0.0644. The van der Waals surface area contributed by atoms with Crippen LogP contribution < -0.4 is 20.7 Å². The second kappa shape index (κ2) is 19.7. The van der Waals surface area contributed by atoms with E-state index in [0.29, 0.717) is 36.6 Å². The van der Waals surface area contributed by atoms with E-state index in [9.17, 15) is 24.3 Å². The first-order chi connectivity index (χ1) is 26.1. The fourth-order valence-corrected chi connectivity index (χ4v) is 7.16. The predicted octanol–water partition coefficient (Wildman–Crippen LogP) is 5.64. The molecule has 0 aliphatic heterocycles. The second-order valence-electron chi connectivity index (χ2n) is 14.3. The number of ether oxygens (including phenoxy) is 2. The Balaban J connectivity index is 1.41. The molecule has 1 saturated carbocycles. The van der Waals surface area contributed by atoms with E-state index in [1.165, 1.54) is 6.33 Å². The number of fused-ring (bicyclic) bond motifs is 1. The molecule has 2 unspecified atom stereocenters. The van der Waals surface area contributed by atoms with Crippen molar-refractivity contribution in [1.29, 1.82) is 0 Å². The van der Waals surface area contributed by atoms with Crippen molar-refractivity contribution in [3.63, 3.8) is 0 Å². The summed E-state index contributed by atoms with van der Waals surface area (Å²) in [5.41, 5.74) is 1.97. The monoisotopic (exact) mass is 739 g/mol. The Labute approximate surface area is 316 Å². The number of nitrogens with zero attached hydrogens (tertiary/aromatic N) is 1. The zero-order chi connectivity index (χ0) is 38.5. The summed E-state index contributed by atoms with van der Waals surface area (Å²) in [6.07, 6.45) is 6.95. The van der Waals surface area contributed by atoms with Gasteiger partial charge in [0.05, 0.1) is 30.8 Å². The summed E-state index contributed by atoms with van der Waals surface area (Å²) in [6, 6.07) is 18.8. The van der Waals surface area contributed by atoms with Crippen molar-refractivity contribution in [1.82, 2.24) is 20.6 Å². The summed E-state index contributed by atoms with van der Waals surface area (Å²) in [6.45, 7) is 5.61. The van der Waals surface area contributed by atoms with Gasteiger partial charge in [0.25, 0.3) is 0 Å². The summed E-state index contributed by atoms with van der Waals surface area (Å²) in [5.74, 6) is -3.17. The average Bonchev–Trinajstić information content (AvgIpc) is 3.68. The number of anilines is 1. The number of benzene rings is 3. The van der Waals surface area contributed by atoms with Gasteiger partial charge in [-0.05, 0) is 74.4 Å². The number of aryl methyl sites for hydroxylation is 1. The number of hydrogen-bond donors (Lipinski definition) is 5. The van der Waals surface area contributed by atoms with Gasteiger partial charge in [0.1, 0.15) is 17.7 Å². The van der Waals surface area contributed by atoms with Gasteiger partial charge >= 0.3 is 5.97 Å². The molecular formula is C42H53N5O7. The van der Waals surface area contributed by atoms with Gasteiger partial charge in [-0.2, -0.15) is 0 Å². The molecule has 12 heteroatoms. The van der Waals surface area contributed by atoms with E-state index in [2.05, 4.69) is 25.9 Å². The van der Waals surface area contributed by atoms with Crippen LogP contribution in [0.25, 0.3) is 10.8 Å². The van der Waals surface area contributed by atoms with Gasteiger partial charge in [-0.1, -0.05) is 86.7 Å². The Morgan fingerprint density at radius 1 is 0.907 bits per heavy atom. The molecule has 5 rings (SSSR count). The van der Waals surface area contributed by atoms with Gasteiger partial charge in [-0.25, -0.2) is 9.78 Å². The summed E-state index contributed by atoms with van der Waals surface area (Å²) >= 11 is 0. The minimum absolute atomic E-state index is 0.0189. The first-order valence-corrected chi connectivity index (χ1v) is 19.1. The number of carbonyl (C=O) groups is 4. The molecule has 1 aliphatic rings. The van der Waals surface area contributed by atoms with Crippen LogP contribution in [-0.2, 0) is 36.8 Å². The second-order valence-corrected chi connectivity index (χ2v) is 14.3. The van der Waals surface area contributed by atoms with E-state index in [4.69, 9.17) is 9.47 Å². The third-order valence-corrected chi connectivity index (χ3v) is 9.89. The largest absolute Gasteiger partial charge is 0.492 e. The number of aromatic amines is 1. The van der Waals surface area contributed by atoms with Crippen LogP contribution in [0.1, 0.15) is 77.0 Å². The van der Waals surface area contributed by atoms with Crippen molar-refractivity contribution in [3.8, 4) is 5.75 Å². The van der Waals surface area contributed by atoms with E-state index in [1.54, 1.807) is 44.3 Å². The normalized spacial score (nSPS) is 15.5. The predicted molar refractivity (Wildman–Crippen MR) is 207 cm³/mol. The van der Waals surface area contributed by atoms with Gasteiger partial charge < -0.3 is 35.5 Å². The van der Waals surface area contributed by atoms with E-state index in [0.717, 1.165) is 48.4 Å². The Morgan fingerprint density at radius 3 is 2.39 bits per heavy atom. The number of imidazole rings is 1. The SMILES string of the molecule is CCOc1ccccc1NC(=O)C(CCc1cccc2ccccc12)C(=O)N[C@@H](Cc1cnc[nH]1)C(=O)N[C@@H](CC1CCCCC1)C(O)C(=O)OC(C)C. The fraction of sp³-hybridized carbons (Fsp3) is 0.452. The van der Waals surface area contributed by atoms with Crippen molar-refractivity contribution in [2.75, 3.05) is 11.9 Å². The van der Waals surface area contributed by atoms with Crippen LogP contribution in [0.4, 0.5) is 5.69 Å². The molecule has 1 aromatic heterocycles. The number of rotatable bonds is 18.